The Balaban J connectivity index is 1.63. The van der Waals surface area contributed by atoms with E-state index in [9.17, 15) is 9.59 Å². The fourth-order valence-electron chi connectivity index (χ4n) is 3.16. The lowest BCUT2D eigenvalue weighted by Crippen LogP contribution is -2.40. The summed E-state index contributed by atoms with van der Waals surface area (Å²) in [5.74, 6) is 0.127. The van der Waals surface area contributed by atoms with E-state index in [-0.39, 0.29) is 17.9 Å². The minimum atomic E-state index is -0.449. The van der Waals surface area contributed by atoms with Crippen LogP contribution in [0.25, 0.3) is 11.3 Å². The molecule has 7 nitrogen and oxygen atoms in total. The van der Waals surface area contributed by atoms with E-state index in [1.807, 2.05) is 36.4 Å². The van der Waals surface area contributed by atoms with Gasteiger partial charge in [-0.15, -0.1) is 22.7 Å². The van der Waals surface area contributed by atoms with E-state index in [1.165, 1.54) is 27.8 Å². The van der Waals surface area contributed by atoms with Gasteiger partial charge in [-0.3, -0.25) is 13.9 Å². The highest BCUT2D eigenvalue weighted by Crippen LogP contribution is 2.26. The number of rotatable bonds is 7. The van der Waals surface area contributed by atoms with E-state index >= 15 is 0 Å². The summed E-state index contributed by atoms with van der Waals surface area (Å²) in [4.78, 5) is 31.3. The standard InChI is InChI=1S/C21H21N5O2S2/c1-25-19(27)17(18(22)26(21(25)28)12-14-6-3-2-4-7-14)16-13-30-20(24-16)23-10-9-15-8-5-11-29-15/h2-8,11,13H,9-10,12,22H2,1H3,(H,23,24). The van der Waals surface area contributed by atoms with Crippen LogP contribution in [0, 0.1) is 0 Å². The molecule has 0 amide bonds. The Hall–Kier alpha value is -3.17. The van der Waals surface area contributed by atoms with Crippen molar-refractivity contribution in [3.8, 4) is 11.3 Å². The average Bonchev–Trinajstić information content (AvgIpc) is 3.43. The lowest BCUT2D eigenvalue weighted by atomic mass is 10.2. The van der Waals surface area contributed by atoms with E-state index < -0.39 is 11.2 Å². The first-order valence-electron chi connectivity index (χ1n) is 9.40. The van der Waals surface area contributed by atoms with E-state index in [2.05, 4.69) is 21.7 Å². The van der Waals surface area contributed by atoms with Crippen molar-refractivity contribution in [1.29, 1.82) is 0 Å². The number of nitrogens with zero attached hydrogens (tertiary/aromatic N) is 3. The van der Waals surface area contributed by atoms with Gasteiger partial charge < -0.3 is 11.1 Å². The molecule has 30 heavy (non-hydrogen) atoms. The van der Waals surface area contributed by atoms with Crippen molar-refractivity contribution in [2.24, 2.45) is 7.05 Å². The predicted octanol–water partition coefficient (Wildman–Crippen LogP) is 3.02. The van der Waals surface area contributed by atoms with Crippen molar-refractivity contribution < 1.29 is 0 Å². The van der Waals surface area contributed by atoms with Crippen LogP contribution in [0.15, 0.2) is 62.8 Å². The van der Waals surface area contributed by atoms with E-state index in [4.69, 9.17) is 5.73 Å². The lowest BCUT2D eigenvalue weighted by molar-refractivity contribution is 0.657. The zero-order valence-electron chi connectivity index (χ0n) is 16.4. The third-order valence-electron chi connectivity index (χ3n) is 4.75. The van der Waals surface area contributed by atoms with Gasteiger partial charge in [-0.25, -0.2) is 9.78 Å². The molecule has 0 aliphatic carbocycles. The average molecular weight is 440 g/mol. The Morgan fingerprint density at radius 1 is 1.10 bits per heavy atom. The van der Waals surface area contributed by atoms with Crippen LogP contribution in [-0.2, 0) is 20.0 Å². The monoisotopic (exact) mass is 439 g/mol. The van der Waals surface area contributed by atoms with Crippen LogP contribution in [0.4, 0.5) is 10.9 Å². The van der Waals surface area contributed by atoms with Crippen LogP contribution >= 0.6 is 22.7 Å². The molecule has 0 unspecified atom stereocenters. The first-order chi connectivity index (χ1) is 14.5. The Labute approximate surface area is 181 Å². The quantitative estimate of drug-likeness (QED) is 0.462. The minimum absolute atomic E-state index is 0.127. The number of hydrogen-bond acceptors (Lipinski definition) is 7. The number of aromatic nitrogens is 3. The first-order valence-corrected chi connectivity index (χ1v) is 11.2. The SMILES string of the molecule is Cn1c(=O)c(-c2csc(NCCc3cccs3)n2)c(N)n(Cc2ccccc2)c1=O. The molecule has 0 bridgehead atoms. The largest absolute Gasteiger partial charge is 0.384 e. The number of anilines is 2. The second kappa shape index (κ2) is 8.68. The summed E-state index contributed by atoms with van der Waals surface area (Å²) >= 11 is 3.13. The van der Waals surface area contributed by atoms with Crippen LogP contribution in [0.3, 0.4) is 0 Å². The summed E-state index contributed by atoms with van der Waals surface area (Å²) in [6.07, 6.45) is 0.901. The molecule has 0 fully saturated rings. The highest BCUT2D eigenvalue weighted by molar-refractivity contribution is 7.14. The van der Waals surface area contributed by atoms with Gasteiger partial charge in [-0.05, 0) is 23.4 Å². The third kappa shape index (κ3) is 4.07. The zero-order valence-corrected chi connectivity index (χ0v) is 18.0. The maximum absolute atomic E-state index is 12.8. The Kier molecular flexibility index (Phi) is 5.82. The molecular weight excluding hydrogens is 418 g/mol. The van der Waals surface area contributed by atoms with Gasteiger partial charge in [0.15, 0.2) is 5.13 Å². The molecule has 0 aliphatic heterocycles. The number of benzene rings is 1. The van der Waals surface area contributed by atoms with Crippen LogP contribution < -0.4 is 22.3 Å². The number of hydrogen-bond donors (Lipinski definition) is 2. The number of nitrogens with one attached hydrogen (secondary N) is 1. The van der Waals surface area contributed by atoms with E-state index in [0.717, 1.165) is 23.1 Å². The molecule has 0 saturated carbocycles. The smallest absolute Gasteiger partial charge is 0.332 e. The molecule has 4 rings (SSSR count). The fourth-order valence-corrected chi connectivity index (χ4v) is 4.60. The molecule has 3 heterocycles. The third-order valence-corrected chi connectivity index (χ3v) is 6.49. The number of nitrogens with two attached hydrogens (primary N) is 1. The van der Waals surface area contributed by atoms with E-state index in [0.29, 0.717) is 10.8 Å². The van der Waals surface area contributed by atoms with Gasteiger partial charge in [0.1, 0.15) is 11.4 Å². The van der Waals surface area contributed by atoms with E-state index in [1.54, 1.807) is 16.7 Å². The summed E-state index contributed by atoms with van der Waals surface area (Å²) in [5.41, 5.74) is 7.04. The highest BCUT2D eigenvalue weighted by Gasteiger charge is 2.19. The summed E-state index contributed by atoms with van der Waals surface area (Å²) < 4.78 is 2.49. The van der Waals surface area contributed by atoms with Gasteiger partial charge in [0, 0.05) is 23.8 Å². The van der Waals surface area contributed by atoms with Crippen LogP contribution in [0.2, 0.25) is 0 Å². The lowest BCUT2D eigenvalue weighted by Gasteiger charge is -2.14. The molecule has 3 aromatic heterocycles. The van der Waals surface area contributed by atoms with Crippen molar-refractivity contribution in [2.45, 2.75) is 13.0 Å². The minimum Gasteiger partial charge on any atom is -0.384 e. The molecule has 0 aliphatic rings. The molecule has 9 heteroatoms. The first kappa shape index (κ1) is 20.1. The normalized spacial score (nSPS) is 11.0. The summed E-state index contributed by atoms with van der Waals surface area (Å²) in [6.45, 7) is 1.02. The molecule has 0 radical (unpaired) electrons. The second-order valence-corrected chi connectivity index (χ2v) is 8.66. The van der Waals surface area contributed by atoms with Crippen molar-refractivity contribution in [3.05, 3.63) is 84.5 Å². The molecule has 1 aromatic carbocycles. The Bertz CT molecular complexity index is 1260. The second-order valence-electron chi connectivity index (χ2n) is 6.77. The van der Waals surface area contributed by atoms with Crippen molar-refractivity contribution >= 4 is 33.6 Å². The molecule has 0 atom stereocenters. The molecule has 0 saturated heterocycles. The van der Waals surface area contributed by atoms with Crippen molar-refractivity contribution in [2.75, 3.05) is 17.6 Å². The Morgan fingerprint density at radius 2 is 1.90 bits per heavy atom. The molecular formula is C21H21N5O2S2. The van der Waals surface area contributed by atoms with Crippen LogP contribution in [0.5, 0.6) is 0 Å². The van der Waals surface area contributed by atoms with Gasteiger partial charge in [-0.2, -0.15) is 0 Å². The van der Waals surface area contributed by atoms with Crippen LogP contribution in [0.1, 0.15) is 10.4 Å². The van der Waals surface area contributed by atoms with Crippen LogP contribution in [-0.4, -0.2) is 20.7 Å². The summed E-state index contributed by atoms with van der Waals surface area (Å²) in [6, 6.07) is 13.7. The van der Waals surface area contributed by atoms with Gasteiger partial charge in [0.2, 0.25) is 0 Å². The van der Waals surface area contributed by atoms with Gasteiger partial charge >= 0.3 is 5.69 Å². The fraction of sp³-hybridized carbons (Fsp3) is 0.190. The van der Waals surface area contributed by atoms with Crippen molar-refractivity contribution in [1.82, 2.24) is 14.1 Å². The maximum atomic E-state index is 12.8. The Morgan fingerprint density at radius 3 is 2.63 bits per heavy atom. The highest BCUT2D eigenvalue weighted by atomic mass is 32.1. The molecule has 0 spiro atoms. The zero-order chi connectivity index (χ0) is 21.1. The van der Waals surface area contributed by atoms with Gasteiger partial charge in [-0.1, -0.05) is 36.4 Å². The van der Waals surface area contributed by atoms with Gasteiger partial charge in [0.05, 0.1) is 12.2 Å². The van der Waals surface area contributed by atoms with Gasteiger partial charge in [0.25, 0.3) is 5.56 Å². The number of thiazole rings is 1. The number of nitrogen functional groups attached to an aromatic ring is 1. The predicted molar refractivity (Wildman–Crippen MR) is 124 cm³/mol. The molecule has 3 N–H and O–H groups in total. The van der Waals surface area contributed by atoms with Crippen molar-refractivity contribution in [3.63, 3.8) is 0 Å². The number of thiophene rings is 1. The molecule has 154 valence electrons. The topological polar surface area (TPSA) is 94.9 Å². The maximum Gasteiger partial charge on any atom is 0.332 e. The summed E-state index contributed by atoms with van der Waals surface area (Å²) in [5, 5.41) is 7.85. The molecule has 4 aromatic rings. The summed E-state index contributed by atoms with van der Waals surface area (Å²) in [7, 11) is 1.46.